The molecule has 6 nitrogen and oxygen atoms in total. The van der Waals surface area contributed by atoms with Crippen LogP contribution in [0.15, 0.2) is 38.8 Å². The Morgan fingerprint density at radius 1 is 1.26 bits per heavy atom. The number of aromatic hydroxyl groups is 1. The Labute approximate surface area is 138 Å². The monoisotopic (exact) mass is 373 g/mol. The van der Waals surface area contributed by atoms with E-state index in [9.17, 15) is 21.9 Å². The molecular weight excluding hydrogens is 358 g/mol. The molecule has 0 radical (unpaired) electrons. The predicted octanol–water partition coefficient (Wildman–Crippen LogP) is 1.29. The molecule has 23 heavy (non-hydrogen) atoms. The van der Waals surface area contributed by atoms with Crippen molar-refractivity contribution in [2.24, 2.45) is 11.1 Å². The van der Waals surface area contributed by atoms with Crippen LogP contribution in [0.5, 0.6) is 5.75 Å². The predicted molar refractivity (Wildman–Crippen MR) is 86.7 cm³/mol. The van der Waals surface area contributed by atoms with Crippen LogP contribution in [-0.4, -0.2) is 27.7 Å². The van der Waals surface area contributed by atoms with Crippen molar-refractivity contribution in [1.82, 2.24) is 0 Å². The molecule has 0 amide bonds. The minimum absolute atomic E-state index is 0.0224. The van der Waals surface area contributed by atoms with E-state index in [0.29, 0.717) is 18.4 Å². The topological polar surface area (TPSA) is 115 Å². The smallest absolute Gasteiger partial charge is 0.247 e. The second-order valence-corrected chi connectivity index (χ2v) is 10.7. The Bertz CT molecular complexity index is 943. The number of sulfonamides is 1. The molecule has 9 heteroatoms. The molecule has 0 saturated heterocycles. The highest BCUT2D eigenvalue weighted by molar-refractivity contribution is 7.95. The number of hydrogen-bond acceptors (Lipinski definition) is 6. The van der Waals surface area contributed by atoms with Gasteiger partial charge in [0.2, 0.25) is 10.0 Å². The zero-order valence-corrected chi connectivity index (χ0v) is 14.4. The summed E-state index contributed by atoms with van der Waals surface area (Å²) in [6.07, 6.45) is 1.03. The van der Waals surface area contributed by atoms with Crippen molar-refractivity contribution in [1.29, 1.82) is 0 Å². The van der Waals surface area contributed by atoms with Crippen LogP contribution in [0, 0.1) is 5.92 Å². The fraction of sp³-hybridized carbons (Fsp3) is 0.286. The molecule has 0 bridgehead atoms. The van der Waals surface area contributed by atoms with Gasteiger partial charge in [-0.25, -0.2) is 22.0 Å². The van der Waals surface area contributed by atoms with Gasteiger partial charge in [0, 0.05) is 0 Å². The quantitative estimate of drug-likeness (QED) is 0.841. The second-order valence-electron chi connectivity index (χ2n) is 5.65. The second kappa shape index (κ2) is 5.59. The number of hydrogen-bond donors (Lipinski definition) is 2. The number of phenolic OH excluding ortho intramolecular Hbond substituents is 1. The van der Waals surface area contributed by atoms with Gasteiger partial charge in [0.15, 0.2) is 9.84 Å². The largest absolute Gasteiger partial charge is 0.508 e. The number of sulfone groups is 1. The molecule has 2 aromatic rings. The summed E-state index contributed by atoms with van der Waals surface area (Å²) in [6.45, 7) is 0. The molecule has 1 aliphatic rings. The Kier molecular flexibility index (Phi) is 3.99. The molecule has 0 fully saturated rings. The van der Waals surface area contributed by atoms with E-state index in [2.05, 4.69) is 0 Å². The van der Waals surface area contributed by atoms with E-state index in [1.54, 1.807) is 24.3 Å². The number of rotatable bonds is 3. The molecule has 1 aliphatic heterocycles. The van der Waals surface area contributed by atoms with Crippen LogP contribution in [0.3, 0.4) is 0 Å². The maximum atomic E-state index is 12.4. The summed E-state index contributed by atoms with van der Waals surface area (Å²) >= 11 is 0.726. The van der Waals surface area contributed by atoms with Crippen LogP contribution in [0.1, 0.15) is 11.1 Å². The molecule has 1 aromatic carbocycles. The van der Waals surface area contributed by atoms with Gasteiger partial charge >= 0.3 is 0 Å². The van der Waals surface area contributed by atoms with Crippen LogP contribution in [0.2, 0.25) is 0 Å². The maximum Gasteiger partial charge on any atom is 0.247 e. The lowest BCUT2D eigenvalue weighted by Gasteiger charge is -2.22. The van der Waals surface area contributed by atoms with Gasteiger partial charge in [-0.3, -0.25) is 0 Å². The van der Waals surface area contributed by atoms with Gasteiger partial charge in [-0.05, 0) is 48.1 Å². The molecule has 124 valence electrons. The highest BCUT2D eigenvalue weighted by Gasteiger charge is 2.34. The molecule has 3 N–H and O–H groups in total. The van der Waals surface area contributed by atoms with E-state index in [4.69, 9.17) is 5.14 Å². The number of primary sulfonamides is 1. The number of nitrogens with two attached hydrogens (primary N) is 1. The van der Waals surface area contributed by atoms with E-state index in [-0.39, 0.29) is 25.8 Å². The lowest BCUT2D eigenvalue weighted by atomic mass is 9.95. The highest BCUT2D eigenvalue weighted by atomic mass is 32.3. The first-order chi connectivity index (χ1) is 10.6. The van der Waals surface area contributed by atoms with Crippen LogP contribution in [-0.2, 0) is 32.7 Å². The van der Waals surface area contributed by atoms with Crippen LogP contribution >= 0.6 is 11.3 Å². The summed E-state index contributed by atoms with van der Waals surface area (Å²) in [5, 5.41) is 14.4. The van der Waals surface area contributed by atoms with E-state index in [1.807, 2.05) is 0 Å². The maximum absolute atomic E-state index is 12.4. The Morgan fingerprint density at radius 2 is 1.91 bits per heavy atom. The third-order valence-corrected chi connectivity index (χ3v) is 8.88. The van der Waals surface area contributed by atoms with Gasteiger partial charge in [0.1, 0.15) is 14.2 Å². The van der Waals surface area contributed by atoms with Crippen molar-refractivity contribution in [2.75, 3.05) is 5.75 Å². The van der Waals surface area contributed by atoms with Gasteiger partial charge < -0.3 is 5.11 Å². The van der Waals surface area contributed by atoms with E-state index in [1.165, 1.54) is 6.07 Å². The van der Waals surface area contributed by atoms with E-state index in [0.717, 1.165) is 16.9 Å². The molecule has 2 heterocycles. The molecule has 3 rings (SSSR count). The van der Waals surface area contributed by atoms with E-state index >= 15 is 0 Å². The molecule has 0 spiro atoms. The summed E-state index contributed by atoms with van der Waals surface area (Å²) in [7, 11) is -7.41. The number of fused-ring (bicyclic) bond motifs is 1. The molecule has 1 atom stereocenters. The summed E-state index contributed by atoms with van der Waals surface area (Å²) < 4.78 is 47.7. The number of benzene rings is 1. The van der Waals surface area contributed by atoms with Crippen LogP contribution < -0.4 is 5.14 Å². The number of thiophene rings is 1. The lowest BCUT2D eigenvalue weighted by Crippen LogP contribution is -2.25. The minimum Gasteiger partial charge on any atom is -0.508 e. The minimum atomic E-state index is -3.90. The third kappa shape index (κ3) is 3.42. The zero-order chi connectivity index (χ0) is 16.8. The van der Waals surface area contributed by atoms with Crippen molar-refractivity contribution in [3.05, 3.63) is 41.5 Å². The van der Waals surface area contributed by atoms with Crippen molar-refractivity contribution in [3.63, 3.8) is 0 Å². The molecule has 1 aromatic heterocycles. The van der Waals surface area contributed by atoms with Crippen molar-refractivity contribution < 1.29 is 21.9 Å². The first-order valence-corrected chi connectivity index (χ1v) is 10.8. The SMILES string of the molecule is NS(=O)(=O)c1cc2c(s1)S(=O)(=O)CC(Cc1ccc(O)cc1)C2. The first-order valence-electron chi connectivity index (χ1n) is 6.81. The Hall–Kier alpha value is -1.42. The summed E-state index contributed by atoms with van der Waals surface area (Å²) in [5.41, 5.74) is 1.45. The molecular formula is C14H15NO5S3. The zero-order valence-electron chi connectivity index (χ0n) is 12.0. The average molecular weight is 373 g/mol. The van der Waals surface area contributed by atoms with Crippen LogP contribution in [0.25, 0.3) is 0 Å². The summed E-state index contributed by atoms with van der Waals surface area (Å²) in [4.78, 5) is 0. The normalized spacial score (nSPS) is 20.1. The van der Waals surface area contributed by atoms with Gasteiger partial charge in [0.05, 0.1) is 5.75 Å². The Balaban J connectivity index is 1.91. The summed E-state index contributed by atoms with van der Waals surface area (Å²) in [5.74, 6) is -0.00580. The van der Waals surface area contributed by atoms with Gasteiger partial charge in [0.25, 0.3) is 0 Å². The lowest BCUT2D eigenvalue weighted by molar-refractivity contribution is 0.474. The highest BCUT2D eigenvalue weighted by Crippen LogP contribution is 2.37. The van der Waals surface area contributed by atoms with E-state index < -0.39 is 19.9 Å². The van der Waals surface area contributed by atoms with Crippen molar-refractivity contribution >= 4 is 31.2 Å². The fourth-order valence-corrected chi connectivity index (χ4v) is 7.15. The third-order valence-electron chi connectivity index (χ3n) is 3.73. The average Bonchev–Trinajstić information content (AvgIpc) is 2.86. The Morgan fingerprint density at radius 3 is 2.52 bits per heavy atom. The first kappa shape index (κ1) is 16.4. The van der Waals surface area contributed by atoms with Gasteiger partial charge in [-0.15, -0.1) is 11.3 Å². The van der Waals surface area contributed by atoms with Gasteiger partial charge in [-0.2, -0.15) is 0 Å². The molecule has 0 aliphatic carbocycles. The van der Waals surface area contributed by atoms with Crippen LogP contribution in [0.4, 0.5) is 0 Å². The number of phenols is 1. The van der Waals surface area contributed by atoms with Gasteiger partial charge in [-0.1, -0.05) is 12.1 Å². The fourth-order valence-electron chi connectivity index (χ4n) is 2.79. The molecule has 0 saturated carbocycles. The molecule has 1 unspecified atom stereocenters. The van der Waals surface area contributed by atoms with Crippen molar-refractivity contribution in [2.45, 2.75) is 21.3 Å². The standard InChI is InChI=1S/C14H15NO5S3/c15-23(19,20)13-7-11-6-10(8-22(17,18)14(11)21-13)5-9-1-3-12(16)4-2-9/h1-4,7,10,16H,5-6,8H2,(H2,15,19,20). The van der Waals surface area contributed by atoms with Crippen molar-refractivity contribution in [3.8, 4) is 5.75 Å². The summed E-state index contributed by atoms with van der Waals surface area (Å²) in [6, 6.07) is 7.99.